The molecule has 0 aliphatic heterocycles. The third kappa shape index (κ3) is 4.14. The van der Waals surface area contributed by atoms with Crippen LogP contribution >= 0.6 is 15.9 Å². The van der Waals surface area contributed by atoms with E-state index < -0.39 is 0 Å². The molecular weight excluding hydrogens is 408 g/mol. The first kappa shape index (κ1) is 19.0. The summed E-state index contributed by atoms with van der Waals surface area (Å²) >= 11 is 3.51. The Kier molecular flexibility index (Phi) is 5.81. The van der Waals surface area contributed by atoms with Gasteiger partial charge in [-0.1, -0.05) is 30.4 Å². The molecule has 0 radical (unpaired) electrons. The van der Waals surface area contributed by atoms with Gasteiger partial charge in [-0.05, 0) is 51.8 Å². The van der Waals surface area contributed by atoms with Crippen LogP contribution in [-0.2, 0) is 4.79 Å². The highest BCUT2D eigenvalue weighted by molar-refractivity contribution is 9.10. The zero-order chi connectivity index (χ0) is 19.4. The maximum atomic E-state index is 11.0. The van der Waals surface area contributed by atoms with Crippen LogP contribution in [0.4, 0.5) is 0 Å². The van der Waals surface area contributed by atoms with Crippen LogP contribution in [0, 0.1) is 0 Å². The Balaban J connectivity index is 1.96. The lowest BCUT2D eigenvalue weighted by atomic mass is 10.0. The quantitative estimate of drug-likeness (QED) is 0.297. The Morgan fingerprint density at radius 1 is 0.852 bits per heavy atom. The van der Waals surface area contributed by atoms with Gasteiger partial charge in [0.05, 0.1) is 18.7 Å². The van der Waals surface area contributed by atoms with Crippen LogP contribution < -0.4 is 14.2 Å². The number of esters is 1. The molecule has 0 fully saturated rings. The summed E-state index contributed by atoms with van der Waals surface area (Å²) in [5, 5.41) is 1.96. The van der Waals surface area contributed by atoms with E-state index in [1.54, 1.807) is 26.4 Å². The van der Waals surface area contributed by atoms with Crippen molar-refractivity contribution in [2.24, 2.45) is 0 Å². The van der Waals surface area contributed by atoms with Crippen molar-refractivity contribution in [2.45, 2.75) is 6.92 Å². The molecule has 0 bridgehead atoms. The SMILES string of the molecule is COc1c(Br)ccc2c(OC)c(/C=C/c3ccc(OC(C)=O)cc3)ccc12. The molecule has 3 rings (SSSR count). The van der Waals surface area contributed by atoms with Gasteiger partial charge >= 0.3 is 5.97 Å². The lowest BCUT2D eigenvalue weighted by Gasteiger charge is -2.13. The van der Waals surface area contributed by atoms with E-state index in [1.165, 1.54) is 6.92 Å². The minimum atomic E-state index is -0.332. The van der Waals surface area contributed by atoms with Gasteiger partial charge in [0.1, 0.15) is 17.2 Å². The van der Waals surface area contributed by atoms with Crippen LogP contribution in [0.3, 0.4) is 0 Å². The summed E-state index contributed by atoms with van der Waals surface area (Å²) in [5.74, 6) is 1.76. The number of rotatable bonds is 5. The second-order valence-electron chi connectivity index (χ2n) is 5.86. The molecule has 0 spiro atoms. The molecule has 138 valence electrons. The molecule has 0 aliphatic rings. The number of methoxy groups -OCH3 is 2. The summed E-state index contributed by atoms with van der Waals surface area (Å²) < 4.78 is 17.1. The Morgan fingerprint density at radius 3 is 2.11 bits per heavy atom. The van der Waals surface area contributed by atoms with Crippen LogP contribution in [-0.4, -0.2) is 20.2 Å². The fraction of sp³-hybridized carbons (Fsp3) is 0.136. The lowest BCUT2D eigenvalue weighted by molar-refractivity contribution is -0.131. The molecule has 0 aromatic heterocycles. The number of benzene rings is 3. The van der Waals surface area contributed by atoms with Gasteiger partial charge in [-0.25, -0.2) is 0 Å². The first-order valence-corrected chi connectivity index (χ1v) is 9.12. The van der Waals surface area contributed by atoms with Crippen LogP contribution in [0.2, 0.25) is 0 Å². The maximum Gasteiger partial charge on any atom is 0.308 e. The second-order valence-corrected chi connectivity index (χ2v) is 6.71. The molecular formula is C22H19BrO4. The Morgan fingerprint density at radius 2 is 1.48 bits per heavy atom. The lowest BCUT2D eigenvalue weighted by Crippen LogP contribution is -2.00. The summed E-state index contributed by atoms with van der Waals surface area (Å²) in [7, 11) is 3.31. The van der Waals surface area contributed by atoms with E-state index in [4.69, 9.17) is 14.2 Å². The third-order valence-corrected chi connectivity index (χ3v) is 4.71. The van der Waals surface area contributed by atoms with Crippen molar-refractivity contribution in [3.8, 4) is 17.2 Å². The summed E-state index contributed by atoms with van der Waals surface area (Å²) in [5.41, 5.74) is 1.94. The highest BCUT2D eigenvalue weighted by Gasteiger charge is 2.12. The fourth-order valence-corrected chi connectivity index (χ4v) is 3.41. The van der Waals surface area contributed by atoms with Gasteiger partial charge in [0.2, 0.25) is 0 Å². The normalized spacial score (nSPS) is 11.0. The smallest absolute Gasteiger partial charge is 0.308 e. The van der Waals surface area contributed by atoms with Crippen molar-refractivity contribution in [3.63, 3.8) is 0 Å². The van der Waals surface area contributed by atoms with E-state index in [2.05, 4.69) is 15.9 Å². The molecule has 5 heteroatoms. The highest BCUT2D eigenvalue weighted by atomic mass is 79.9. The van der Waals surface area contributed by atoms with Gasteiger partial charge in [0.15, 0.2) is 0 Å². The predicted molar refractivity (Wildman–Crippen MR) is 111 cm³/mol. The van der Waals surface area contributed by atoms with Crippen LogP contribution in [0.5, 0.6) is 17.2 Å². The van der Waals surface area contributed by atoms with Crippen molar-refractivity contribution in [1.82, 2.24) is 0 Å². The molecule has 0 saturated carbocycles. The Hall–Kier alpha value is -2.79. The monoisotopic (exact) mass is 426 g/mol. The first-order valence-electron chi connectivity index (χ1n) is 8.33. The maximum absolute atomic E-state index is 11.0. The molecule has 3 aromatic carbocycles. The summed E-state index contributed by atoms with van der Waals surface area (Å²) in [6.45, 7) is 1.38. The van der Waals surface area contributed by atoms with Crippen molar-refractivity contribution in [1.29, 1.82) is 0 Å². The van der Waals surface area contributed by atoms with Gasteiger partial charge < -0.3 is 14.2 Å². The van der Waals surface area contributed by atoms with E-state index in [0.717, 1.165) is 37.9 Å². The number of ether oxygens (including phenoxy) is 3. The van der Waals surface area contributed by atoms with Crippen molar-refractivity contribution < 1.29 is 19.0 Å². The average Bonchev–Trinajstić information content (AvgIpc) is 2.66. The molecule has 0 unspecified atom stereocenters. The largest absolute Gasteiger partial charge is 0.495 e. The second kappa shape index (κ2) is 8.27. The zero-order valence-corrected chi connectivity index (χ0v) is 16.9. The first-order chi connectivity index (χ1) is 13.0. The predicted octanol–water partition coefficient (Wildman–Crippen LogP) is 5.72. The molecule has 0 heterocycles. The number of hydrogen-bond acceptors (Lipinski definition) is 4. The summed E-state index contributed by atoms with van der Waals surface area (Å²) in [6, 6.07) is 15.3. The van der Waals surface area contributed by atoms with Gasteiger partial charge in [0, 0.05) is 23.3 Å². The number of carbonyl (C=O) groups excluding carboxylic acids is 1. The van der Waals surface area contributed by atoms with Crippen LogP contribution in [0.25, 0.3) is 22.9 Å². The molecule has 0 aliphatic carbocycles. The topological polar surface area (TPSA) is 44.8 Å². The van der Waals surface area contributed by atoms with E-state index in [9.17, 15) is 4.79 Å². The van der Waals surface area contributed by atoms with E-state index in [-0.39, 0.29) is 5.97 Å². The standard InChI is InChI=1S/C22H19BrO4/c1-14(24)27-17-9-5-15(6-10-17)4-7-16-8-11-19-18(21(16)25-2)12-13-20(23)22(19)26-3/h4-13H,1-3H3/b7-4+. The molecule has 3 aromatic rings. The Bertz CT molecular complexity index is 1010. The summed E-state index contributed by atoms with van der Waals surface area (Å²) in [4.78, 5) is 11.0. The van der Waals surface area contributed by atoms with Crippen LogP contribution in [0.15, 0.2) is 53.0 Å². The minimum absolute atomic E-state index is 0.332. The number of hydrogen-bond donors (Lipinski definition) is 0. The summed E-state index contributed by atoms with van der Waals surface area (Å²) in [6.07, 6.45) is 3.98. The molecule has 0 amide bonds. The van der Waals surface area contributed by atoms with Crippen molar-refractivity contribution in [3.05, 3.63) is 64.1 Å². The average molecular weight is 427 g/mol. The van der Waals surface area contributed by atoms with Gasteiger partial charge in [-0.3, -0.25) is 4.79 Å². The van der Waals surface area contributed by atoms with E-state index in [1.807, 2.05) is 48.6 Å². The zero-order valence-electron chi connectivity index (χ0n) is 15.3. The molecule has 0 atom stereocenters. The third-order valence-electron chi connectivity index (χ3n) is 4.09. The van der Waals surface area contributed by atoms with Crippen molar-refractivity contribution >= 4 is 44.8 Å². The van der Waals surface area contributed by atoms with E-state index >= 15 is 0 Å². The molecule has 0 N–H and O–H groups in total. The number of carbonyl (C=O) groups is 1. The number of halogens is 1. The van der Waals surface area contributed by atoms with Crippen molar-refractivity contribution in [2.75, 3.05) is 14.2 Å². The Labute approximate surface area is 166 Å². The van der Waals surface area contributed by atoms with Gasteiger partial charge in [-0.2, -0.15) is 0 Å². The molecule has 27 heavy (non-hydrogen) atoms. The van der Waals surface area contributed by atoms with Gasteiger partial charge in [-0.15, -0.1) is 0 Å². The number of fused-ring (bicyclic) bond motifs is 1. The fourth-order valence-electron chi connectivity index (χ4n) is 2.91. The van der Waals surface area contributed by atoms with Crippen LogP contribution in [0.1, 0.15) is 18.1 Å². The molecule has 0 saturated heterocycles. The van der Waals surface area contributed by atoms with Gasteiger partial charge in [0.25, 0.3) is 0 Å². The minimum Gasteiger partial charge on any atom is -0.495 e. The molecule has 4 nitrogen and oxygen atoms in total. The highest BCUT2D eigenvalue weighted by Crippen LogP contribution is 2.39. The van der Waals surface area contributed by atoms with E-state index in [0.29, 0.717) is 5.75 Å².